The molecule has 148 valence electrons. The summed E-state index contributed by atoms with van der Waals surface area (Å²) in [5.74, 6) is 1.38. The number of nitriles is 1. The van der Waals surface area contributed by atoms with Gasteiger partial charge in [-0.2, -0.15) is 5.26 Å². The summed E-state index contributed by atoms with van der Waals surface area (Å²) in [5.41, 5.74) is 3.21. The fraction of sp³-hybridized carbons (Fsp3) is 0.227. The van der Waals surface area contributed by atoms with Gasteiger partial charge in [0.05, 0.1) is 13.2 Å². The molecule has 0 aliphatic rings. The van der Waals surface area contributed by atoms with Crippen molar-refractivity contribution in [2.75, 3.05) is 30.3 Å². The average Bonchev–Trinajstić information content (AvgIpc) is 2.71. The van der Waals surface area contributed by atoms with Gasteiger partial charge in [-0.25, -0.2) is 9.78 Å². The third kappa shape index (κ3) is 5.36. The maximum Gasteiger partial charge on any atom is 0.319 e. The highest BCUT2D eigenvalue weighted by Crippen LogP contribution is 2.21. The molecular formula is C22H24N5O2+. The van der Waals surface area contributed by atoms with Crippen molar-refractivity contribution in [1.82, 2.24) is 5.32 Å². The highest BCUT2D eigenvalue weighted by atomic mass is 16.5. The van der Waals surface area contributed by atoms with E-state index in [0.717, 1.165) is 27.9 Å². The zero-order valence-electron chi connectivity index (χ0n) is 16.5. The lowest BCUT2D eigenvalue weighted by Gasteiger charge is -2.08. The number of nitrogens with one attached hydrogen (secondary N) is 4. The number of aromatic amines is 1. The summed E-state index contributed by atoms with van der Waals surface area (Å²) in [6.45, 7) is 5.35. The number of urea groups is 1. The number of hydrogen-bond donors (Lipinski definition) is 3. The monoisotopic (exact) mass is 390 g/mol. The Hall–Kier alpha value is -3.79. The fourth-order valence-electron chi connectivity index (χ4n) is 2.95. The third-order valence-corrected chi connectivity index (χ3v) is 4.27. The van der Waals surface area contributed by atoms with Crippen LogP contribution in [0.5, 0.6) is 5.75 Å². The van der Waals surface area contributed by atoms with Crippen LogP contribution in [0.3, 0.4) is 0 Å². The summed E-state index contributed by atoms with van der Waals surface area (Å²) in [6.07, 6.45) is 0. The molecule has 0 atom stereocenters. The van der Waals surface area contributed by atoms with E-state index in [1.54, 1.807) is 0 Å². The molecule has 0 aliphatic carbocycles. The molecule has 29 heavy (non-hydrogen) atoms. The second-order valence-electron chi connectivity index (χ2n) is 6.53. The van der Waals surface area contributed by atoms with Gasteiger partial charge in [-0.05, 0) is 55.8 Å². The van der Waals surface area contributed by atoms with Gasteiger partial charge in [0.15, 0.2) is 0 Å². The second-order valence-corrected chi connectivity index (χ2v) is 6.53. The molecule has 0 aliphatic heterocycles. The summed E-state index contributed by atoms with van der Waals surface area (Å²) < 4.78 is 5.51. The van der Waals surface area contributed by atoms with Crippen LogP contribution in [-0.2, 0) is 0 Å². The van der Waals surface area contributed by atoms with Gasteiger partial charge in [0.1, 0.15) is 29.4 Å². The lowest BCUT2D eigenvalue weighted by Crippen LogP contribution is -2.33. The number of carbonyl (C=O) groups excluding carboxylic acids is 1. The smallest absolute Gasteiger partial charge is 0.319 e. The van der Waals surface area contributed by atoms with Crippen LogP contribution in [0, 0.1) is 18.3 Å². The van der Waals surface area contributed by atoms with E-state index >= 15 is 0 Å². The average molecular weight is 390 g/mol. The number of aromatic nitrogens is 1. The predicted octanol–water partition coefficient (Wildman–Crippen LogP) is 3.47. The first-order valence-electron chi connectivity index (χ1n) is 9.47. The molecule has 4 N–H and O–H groups in total. The van der Waals surface area contributed by atoms with Gasteiger partial charge in [0.2, 0.25) is 0 Å². The number of carbonyl (C=O) groups is 1. The predicted molar refractivity (Wildman–Crippen MR) is 113 cm³/mol. The summed E-state index contributed by atoms with van der Waals surface area (Å²) >= 11 is 0. The van der Waals surface area contributed by atoms with Crippen molar-refractivity contribution in [2.24, 2.45) is 0 Å². The number of benzene rings is 2. The van der Waals surface area contributed by atoms with Crippen LogP contribution in [0.25, 0.3) is 10.9 Å². The normalized spacial score (nSPS) is 10.2. The van der Waals surface area contributed by atoms with E-state index in [-0.39, 0.29) is 6.03 Å². The zero-order valence-corrected chi connectivity index (χ0v) is 16.5. The molecule has 7 nitrogen and oxygen atoms in total. The molecule has 0 unspecified atom stereocenters. The van der Waals surface area contributed by atoms with E-state index in [1.807, 2.05) is 62.4 Å². The molecule has 0 saturated carbocycles. The van der Waals surface area contributed by atoms with Gasteiger partial charge in [-0.1, -0.05) is 12.1 Å². The van der Waals surface area contributed by atoms with Crippen molar-refractivity contribution in [1.29, 1.82) is 5.26 Å². The van der Waals surface area contributed by atoms with Crippen LogP contribution >= 0.6 is 0 Å². The molecule has 2 amide bonds. The number of nitrogens with zero attached hydrogens (tertiary/aromatic N) is 1. The Labute approximate surface area is 169 Å². The molecular weight excluding hydrogens is 366 g/mol. The first kappa shape index (κ1) is 20.0. The first-order chi connectivity index (χ1) is 14.1. The molecule has 0 fully saturated rings. The number of aryl methyl sites for hydroxylation is 1. The Morgan fingerprint density at radius 2 is 2.03 bits per heavy atom. The standard InChI is InChI=1S/C22H23N5O2/c1-3-29-19-7-8-20-16(13-19)12-17(14-23)21(27-20)24-9-10-25-22(28)26-18-6-4-5-15(2)11-18/h4-8,11-13H,3,9-10H2,1-2H3,(H,24,27)(H2,25,26,28)/p+1. The highest BCUT2D eigenvalue weighted by molar-refractivity contribution is 5.89. The van der Waals surface area contributed by atoms with Crippen molar-refractivity contribution in [3.63, 3.8) is 0 Å². The van der Waals surface area contributed by atoms with Crippen LogP contribution in [-0.4, -0.2) is 25.7 Å². The van der Waals surface area contributed by atoms with Gasteiger partial charge in [-0.3, -0.25) is 5.32 Å². The summed E-state index contributed by atoms with van der Waals surface area (Å²) in [4.78, 5) is 15.2. The van der Waals surface area contributed by atoms with E-state index in [4.69, 9.17) is 4.74 Å². The lowest BCUT2D eigenvalue weighted by atomic mass is 10.1. The minimum Gasteiger partial charge on any atom is -0.494 e. The number of rotatable bonds is 7. The summed E-state index contributed by atoms with van der Waals surface area (Å²) in [5, 5.41) is 19.1. The van der Waals surface area contributed by atoms with Crippen molar-refractivity contribution in [3.05, 3.63) is 59.7 Å². The molecule has 0 radical (unpaired) electrons. The van der Waals surface area contributed by atoms with E-state index in [2.05, 4.69) is 27.0 Å². The molecule has 3 aromatic rings. The second kappa shape index (κ2) is 9.42. The van der Waals surface area contributed by atoms with Crippen molar-refractivity contribution < 1.29 is 14.5 Å². The van der Waals surface area contributed by atoms with Gasteiger partial charge >= 0.3 is 6.03 Å². The minimum absolute atomic E-state index is 0.274. The molecule has 2 aromatic carbocycles. The Morgan fingerprint density at radius 1 is 1.17 bits per heavy atom. The molecule has 0 spiro atoms. The van der Waals surface area contributed by atoms with E-state index in [1.165, 1.54) is 0 Å². The van der Waals surface area contributed by atoms with Crippen LogP contribution < -0.4 is 25.7 Å². The molecule has 1 heterocycles. The first-order valence-corrected chi connectivity index (χ1v) is 9.47. The number of pyridine rings is 1. The number of anilines is 2. The quantitative estimate of drug-likeness (QED) is 0.538. The minimum atomic E-state index is -0.274. The number of hydrogen-bond acceptors (Lipinski definition) is 4. The largest absolute Gasteiger partial charge is 0.494 e. The number of H-pyrrole nitrogens is 1. The molecule has 3 rings (SSSR count). The Kier molecular flexibility index (Phi) is 6.48. The number of fused-ring (bicyclic) bond motifs is 1. The Morgan fingerprint density at radius 3 is 2.79 bits per heavy atom. The van der Waals surface area contributed by atoms with Crippen LogP contribution in [0.1, 0.15) is 18.1 Å². The van der Waals surface area contributed by atoms with Gasteiger partial charge in [0.25, 0.3) is 5.82 Å². The van der Waals surface area contributed by atoms with Crippen molar-refractivity contribution >= 4 is 28.4 Å². The summed E-state index contributed by atoms with van der Waals surface area (Å²) in [6, 6.07) is 17.0. The van der Waals surface area contributed by atoms with Crippen molar-refractivity contribution in [2.45, 2.75) is 13.8 Å². The number of ether oxygens (including phenoxy) is 1. The SMILES string of the molecule is CCOc1ccc2[nH+]c(NCCNC(=O)Nc3cccc(C)c3)c(C#N)cc2c1. The maximum absolute atomic E-state index is 12.0. The van der Waals surface area contributed by atoms with Gasteiger partial charge in [0, 0.05) is 11.1 Å². The topological polar surface area (TPSA) is 100 Å². The maximum atomic E-state index is 12.0. The van der Waals surface area contributed by atoms with E-state index in [0.29, 0.717) is 31.1 Å². The fourth-order valence-corrected chi connectivity index (χ4v) is 2.95. The summed E-state index contributed by atoms with van der Waals surface area (Å²) in [7, 11) is 0. The van der Waals surface area contributed by atoms with Crippen LogP contribution in [0.2, 0.25) is 0 Å². The third-order valence-electron chi connectivity index (χ3n) is 4.27. The molecule has 0 saturated heterocycles. The van der Waals surface area contributed by atoms with Crippen molar-refractivity contribution in [3.8, 4) is 11.8 Å². The highest BCUT2D eigenvalue weighted by Gasteiger charge is 2.13. The van der Waals surface area contributed by atoms with E-state index < -0.39 is 0 Å². The number of amides is 2. The van der Waals surface area contributed by atoms with Gasteiger partial charge < -0.3 is 15.4 Å². The Balaban J connectivity index is 1.57. The van der Waals surface area contributed by atoms with E-state index in [9.17, 15) is 10.1 Å². The lowest BCUT2D eigenvalue weighted by molar-refractivity contribution is -0.327. The van der Waals surface area contributed by atoms with Crippen LogP contribution in [0.4, 0.5) is 16.3 Å². The molecule has 7 heteroatoms. The Bertz CT molecular complexity index is 1060. The molecule has 1 aromatic heterocycles. The zero-order chi connectivity index (χ0) is 20.6. The molecule has 0 bridgehead atoms. The van der Waals surface area contributed by atoms with Crippen LogP contribution in [0.15, 0.2) is 48.5 Å². The van der Waals surface area contributed by atoms with Gasteiger partial charge in [-0.15, -0.1) is 0 Å².